The highest BCUT2D eigenvalue weighted by Crippen LogP contribution is 2.28. The van der Waals surface area contributed by atoms with Crippen LogP contribution < -0.4 is 0 Å². The first kappa shape index (κ1) is 22.6. The van der Waals surface area contributed by atoms with Crippen molar-refractivity contribution < 1.29 is 18.7 Å². The highest BCUT2D eigenvalue weighted by molar-refractivity contribution is 6.04. The minimum absolute atomic E-state index is 0.000331. The van der Waals surface area contributed by atoms with E-state index in [1.165, 1.54) is 11.8 Å². The topological polar surface area (TPSA) is 72.5 Å². The third-order valence-corrected chi connectivity index (χ3v) is 6.70. The van der Waals surface area contributed by atoms with Crippen LogP contribution in [-0.4, -0.2) is 69.7 Å². The first-order valence-corrected chi connectivity index (χ1v) is 11.3. The van der Waals surface area contributed by atoms with Crippen LogP contribution >= 0.6 is 0 Å². The van der Waals surface area contributed by atoms with Crippen LogP contribution in [0.5, 0.6) is 0 Å². The quantitative estimate of drug-likeness (QED) is 0.506. The minimum Gasteiger partial charge on any atom is -0.392 e. The van der Waals surface area contributed by atoms with Gasteiger partial charge in [0.05, 0.1) is 6.10 Å². The van der Waals surface area contributed by atoms with E-state index in [-0.39, 0.29) is 17.6 Å². The molecule has 2 aliphatic rings. The zero-order valence-electron chi connectivity index (χ0n) is 18.1. The number of piperidine rings is 2. The lowest BCUT2D eigenvalue weighted by molar-refractivity contribution is 0.0318. The van der Waals surface area contributed by atoms with Gasteiger partial charge in [-0.2, -0.15) is 5.10 Å². The Hall–Kier alpha value is -2.58. The second kappa shape index (κ2) is 10.4. The number of H-pyrrole nitrogens is 1. The number of allylic oxidation sites excluding steroid dienone is 1. The number of nitrogens with zero attached hydrogens (tertiary/aromatic N) is 3. The number of aliphatic hydroxyl groups is 1. The van der Waals surface area contributed by atoms with Gasteiger partial charge in [-0.1, -0.05) is 0 Å². The van der Waals surface area contributed by atoms with Crippen molar-refractivity contribution in [2.45, 2.75) is 37.7 Å². The molecule has 2 saturated heterocycles. The standard InChI is InChI=1S/C24H30F2N4O2/c25-20-13-19(14-21(26)15-20)23(31)6-12-29-8-4-18(5-9-29)24(32)16-30-10-2-17(3-11-30)22-1-7-27-28-22/h1,6-7,12-15,17-18,24,32H,2-5,8-11,16H2,(H,27,28). The molecule has 172 valence electrons. The van der Waals surface area contributed by atoms with Crippen LogP contribution in [0.1, 0.15) is 47.7 Å². The summed E-state index contributed by atoms with van der Waals surface area (Å²) in [6, 6.07) is 4.87. The molecule has 0 spiro atoms. The number of aromatic amines is 1. The van der Waals surface area contributed by atoms with E-state index >= 15 is 0 Å². The van der Waals surface area contributed by atoms with Crippen LogP contribution in [0.4, 0.5) is 8.78 Å². The van der Waals surface area contributed by atoms with E-state index in [4.69, 9.17) is 0 Å². The first-order chi connectivity index (χ1) is 15.5. The van der Waals surface area contributed by atoms with Crippen molar-refractivity contribution in [1.29, 1.82) is 0 Å². The summed E-state index contributed by atoms with van der Waals surface area (Å²) in [5.74, 6) is -1.20. The molecule has 32 heavy (non-hydrogen) atoms. The molecule has 4 rings (SSSR count). The summed E-state index contributed by atoms with van der Waals surface area (Å²) in [6.07, 6.45) is 8.31. The number of hydrogen-bond donors (Lipinski definition) is 2. The van der Waals surface area contributed by atoms with Crippen molar-refractivity contribution in [2.24, 2.45) is 5.92 Å². The molecule has 1 unspecified atom stereocenters. The van der Waals surface area contributed by atoms with Crippen molar-refractivity contribution in [3.63, 3.8) is 0 Å². The molecule has 2 aliphatic heterocycles. The van der Waals surface area contributed by atoms with Crippen LogP contribution in [0.15, 0.2) is 42.7 Å². The fourth-order valence-electron chi connectivity index (χ4n) is 4.75. The molecule has 1 atom stereocenters. The molecule has 2 N–H and O–H groups in total. The molecule has 2 aromatic rings. The number of carbonyl (C=O) groups excluding carboxylic acids is 1. The third-order valence-electron chi connectivity index (χ3n) is 6.70. The number of halogens is 2. The Morgan fingerprint density at radius 2 is 1.81 bits per heavy atom. The van der Waals surface area contributed by atoms with E-state index in [2.05, 4.69) is 15.1 Å². The summed E-state index contributed by atoms with van der Waals surface area (Å²) in [5, 5.41) is 17.9. The molecule has 0 radical (unpaired) electrons. The molecule has 3 heterocycles. The lowest BCUT2D eigenvalue weighted by Crippen LogP contribution is -2.43. The Morgan fingerprint density at radius 3 is 2.44 bits per heavy atom. The summed E-state index contributed by atoms with van der Waals surface area (Å²) in [5.41, 5.74) is 1.20. The van der Waals surface area contributed by atoms with E-state index in [1.54, 1.807) is 12.4 Å². The summed E-state index contributed by atoms with van der Waals surface area (Å²) in [4.78, 5) is 16.6. The number of nitrogens with one attached hydrogen (secondary N) is 1. The van der Waals surface area contributed by atoms with Crippen molar-refractivity contribution in [1.82, 2.24) is 20.0 Å². The number of likely N-dealkylation sites (tertiary alicyclic amines) is 2. The lowest BCUT2D eigenvalue weighted by atomic mass is 9.89. The molecule has 0 bridgehead atoms. The van der Waals surface area contributed by atoms with Gasteiger partial charge in [-0.15, -0.1) is 0 Å². The molecule has 2 fully saturated rings. The van der Waals surface area contributed by atoms with E-state index in [9.17, 15) is 18.7 Å². The van der Waals surface area contributed by atoms with Crippen LogP contribution in [0.25, 0.3) is 0 Å². The van der Waals surface area contributed by atoms with Gasteiger partial charge in [0.15, 0.2) is 5.78 Å². The van der Waals surface area contributed by atoms with Gasteiger partial charge in [0.25, 0.3) is 0 Å². The fourth-order valence-corrected chi connectivity index (χ4v) is 4.75. The second-order valence-corrected chi connectivity index (χ2v) is 8.87. The number of aliphatic hydroxyl groups excluding tert-OH is 1. The molecular formula is C24H30F2N4O2. The van der Waals surface area contributed by atoms with Gasteiger partial charge in [0, 0.05) is 61.3 Å². The predicted octanol–water partition coefficient (Wildman–Crippen LogP) is 3.34. The third kappa shape index (κ3) is 5.81. The van der Waals surface area contributed by atoms with Gasteiger partial charge in [0.2, 0.25) is 0 Å². The van der Waals surface area contributed by atoms with E-state index in [0.717, 1.165) is 70.1 Å². The van der Waals surface area contributed by atoms with Crippen molar-refractivity contribution >= 4 is 5.78 Å². The SMILES string of the molecule is O=C(C=CN1CCC(C(O)CN2CCC(c3ccn[nH]3)CC2)CC1)c1cc(F)cc(F)c1. The molecule has 0 amide bonds. The van der Waals surface area contributed by atoms with Gasteiger partial charge < -0.3 is 14.9 Å². The highest BCUT2D eigenvalue weighted by Gasteiger charge is 2.28. The number of ketones is 1. The lowest BCUT2D eigenvalue weighted by Gasteiger charge is -2.37. The van der Waals surface area contributed by atoms with E-state index in [0.29, 0.717) is 12.5 Å². The number of rotatable bonds is 7. The number of carbonyl (C=O) groups is 1. The molecule has 0 saturated carbocycles. The maximum Gasteiger partial charge on any atom is 0.187 e. The summed E-state index contributed by atoms with van der Waals surface area (Å²) < 4.78 is 26.6. The van der Waals surface area contributed by atoms with E-state index in [1.807, 2.05) is 11.0 Å². The zero-order valence-corrected chi connectivity index (χ0v) is 18.1. The minimum atomic E-state index is -0.762. The number of benzene rings is 1. The Kier molecular flexibility index (Phi) is 7.32. The monoisotopic (exact) mass is 444 g/mol. The molecule has 6 nitrogen and oxygen atoms in total. The molecule has 1 aromatic carbocycles. The Labute approximate surface area is 186 Å². The molecule has 1 aromatic heterocycles. The Morgan fingerprint density at radius 1 is 1.12 bits per heavy atom. The largest absolute Gasteiger partial charge is 0.392 e. The Bertz CT molecular complexity index is 898. The highest BCUT2D eigenvalue weighted by atomic mass is 19.1. The molecular weight excluding hydrogens is 414 g/mol. The molecule has 8 heteroatoms. The van der Waals surface area contributed by atoms with Crippen LogP contribution in [0.2, 0.25) is 0 Å². The maximum atomic E-state index is 13.3. The van der Waals surface area contributed by atoms with Gasteiger partial charge in [-0.3, -0.25) is 9.89 Å². The number of aromatic nitrogens is 2. The van der Waals surface area contributed by atoms with E-state index < -0.39 is 17.4 Å². The average Bonchev–Trinajstić information content (AvgIpc) is 3.32. The maximum absolute atomic E-state index is 13.3. The Balaban J connectivity index is 1.19. The fraction of sp³-hybridized carbons (Fsp3) is 0.500. The van der Waals surface area contributed by atoms with Crippen LogP contribution in [0, 0.1) is 17.6 Å². The summed E-state index contributed by atoms with van der Waals surface area (Å²) in [6.45, 7) is 4.13. The van der Waals surface area contributed by atoms with Crippen molar-refractivity contribution in [3.05, 3.63) is 65.6 Å². The van der Waals surface area contributed by atoms with Crippen molar-refractivity contribution in [3.8, 4) is 0 Å². The van der Waals surface area contributed by atoms with Gasteiger partial charge in [-0.25, -0.2) is 8.78 Å². The van der Waals surface area contributed by atoms with Gasteiger partial charge >= 0.3 is 0 Å². The van der Waals surface area contributed by atoms with Crippen molar-refractivity contribution in [2.75, 3.05) is 32.7 Å². The van der Waals surface area contributed by atoms with Crippen LogP contribution in [0.3, 0.4) is 0 Å². The normalized spacial score (nSPS) is 20.2. The predicted molar refractivity (Wildman–Crippen MR) is 117 cm³/mol. The second-order valence-electron chi connectivity index (χ2n) is 8.87. The summed E-state index contributed by atoms with van der Waals surface area (Å²) in [7, 11) is 0. The van der Waals surface area contributed by atoms with Gasteiger partial charge in [-0.05, 0) is 62.9 Å². The number of hydrogen-bond acceptors (Lipinski definition) is 5. The average molecular weight is 445 g/mol. The smallest absolute Gasteiger partial charge is 0.187 e. The summed E-state index contributed by atoms with van der Waals surface area (Å²) >= 11 is 0. The van der Waals surface area contributed by atoms with Crippen LogP contribution in [-0.2, 0) is 0 Å². The molecule has 0 aliphatic carbocycles. The number of β-amino-alcohol motifs (C(OH)–C–C–N with tert-alkyl or cyclic N) is 1. The zero-order chi connectivity index (χ0) is 22.5. The first-order valence-electron chi connectivity index (χ1n) is 11.3. The van der Waals surface area contributed by atoms with Gasteiger partial charge in [0.1, 0.15) is 11.6 Å².